The van der Waals surface area contributed by atoms with Gasteiger partial charge in [0.25, 0.3) is 0 Å². The summed E-state index contributed by atoms with van der Waals surface area (Å²) in [5.41, 5.74) is 3.90. The molecule has 0 saturated carbocycles. The molecule has 2 atom stereocenters. The number of hydrogen-bond donors (Lipinski definition) is 2. The first-order valence-electron chi connectivity index (χ1n) is 7.18. The number of hydrogen-bond acceptors (Lipinski definition) is 4. The fraction of sp³-hybridized carbons (Fsp3) is 0.500. The average Bonchev–Trinajstić information content (AvgIpc) is 2.34. The first-order chi connectivity index (χ1) is 10.8. The molecule has 0 bridgehead atoms. The second-order valence-corrected chi connectivity index (χ2v) is 6.40. The molecule has 0 aliphatic heterocycles. The molecular weight excluding hydrogens is 327 g/mol. The molecular formula is C16H20F3NO4. The molecule has 8 heteroatoms. The summed E-state index contributed by atoms with van der Waals surface area (Å²) >= 11 is 0. The van der Waals surface area contributed by atoms with E-state index < -0.39 is 47.7 Å². The Morgan fingerprint density at radius 1 is 1.25 bits per heavy atom. The molecule has 5 nitrogen and oxygen atoms in total. The van der Waals surface area contributed by atoms with E-state index in [1.807, 2.05) is 0 Å². The summed E-state index contributed by atoms with van der Waals surface area (Å²) in [6.07, 6.45) is -5.18. The highest BCUT2D eigenvalue weighted by Crippen LogP contribution is 2.33. The number of carboxylic acid groups (broad SMARTS) is 1. The highest BCUT2D eigenvalue weighted by atomic mass is 19.4. The van der Waals surface area contributed by atoms with Gasteiger partial charge in [0.15, 0.2) is 0 Å². The molecule has 0 spiro atoms. The van der Waals surface area contributed by atoms with Crippen LogP contribution >= 0.6 is 0 Å². The summed E-state index contributed by atoms with van der Waals surface area (Å²) in [6.45, 7) is 4.78. The minimum absolute atomic E-state index is 0.0344. The zero-order valence-electron chi connectivity index (χ0n) is 13.6. The van der Waals surface area contributed by atoms with Gasteiger partial charge < -0.3 is 15.6 Å². The van der Waals surface area contributed by atoms with E-state index in [4.69, 9.17) is 15.6 Å². The maximum absolute atomic E-state index is 12.9. The predicted octanol–water partition coefficient (Wildman–Crippen LogP) is 2.93. The van der Waals surface area contributed by atoms with Crippen LogP contribution in [0.25, 0.3) is 0 Å². The van der Waals surface area contributed by atoms with Gasteiger partial charge in [-0.2, -0.15) is 13.2 Å². The Kier molecular flexibility index (Phi) is 5.99. The predicted molar refractivity (Wildman–Crippen MR) is 80.3 cm³/mol. The summed E-state index contributed by atoms with van der Waals surface area (Å²) in [6, 6.07) is 2.87. The summed E-state index contributed by atoms with van der Waals surface area (Å²) in [7, 11) is 0. The minimum Gasteiger partial charge on any atom is -0.481 e. The average molecular weight is 347 g/mol. The van der Waals surface area contributed by atoms with E-state index in [-0.39, 0.29) is 5.56 Å². The molecule has 1 aromatic rings. The van der Waals surface area contributed by atoms with Crippen molar-refractivity contribution in [3.63, 3.8) is 0 Å². The van der Waals surface area contributed by atoms with Crippen LogP contribution in [-0.2, 0) is 20.5 Å². The summed E-state index contributed by atoms with van der Waals surface area (Å²) in [5.74, 6) is -3.44. The number of aliphatic carboxylic acids is 1. The molecule has 1 aromatic carbocycles. The number of benzene rings is 1. The molecule has 134 valence electrons. The zero-order chi connectivity index (χ0) is 18.7. The van der Waals surface area contributed by atoms with Crippen LogP contribution in [0, 0.1) is 0 Å². The zero-order valence-corrected chi connectivity index (χ0v) is 13.6. The van der Waals surface area contributed by atoms with Crippen LogP contribution in [-0.4, -0.2) is 28.7 Å². The first kappa shape index (κ1) is 20.0. The van der Waals surface area contributed by atoms with Crippen LogP contribution in [0.5, 0.6) is 0 Å². The van der Waals surface area contributed by atoms with Gasteiger partial charge in [-0.3, -0.25) is 9.59 Å². The molecule has 24 heavy (non-hydrogen) atoms. The maximum atomic E-state index is 12.9. The monoisotopic (exact) mass is 347 g/mol. The summed E-state index contributed by atoms with van der Waals surface area (Å²) < 4.78 is 43.8. The Morgan fingerprint density at radius 2 is 1.83 bits per heavy atom. The fourth-order valence-electron chi connectivity index (χ4n) is 2.15. The Bertz CT molecular complexity index is 608. The Hall–Kier alpha value is -2.09. The maximum Gasteiger partial charge on any atom is 0.416 e. The molecule has 0 heterocycles. The van der Waals surface area contributed by atoms with Crippen LogP contribution in [0.15, 0.2) is 24.3 Å². The Labute approximate surface area is 137 Å². The molecule has 0 aromatic heterocycles. The van der Waals surface area contributed by atoms with Crippen molar-refractivity contribution in [2.24, 2.45) is 5.73 Å². The van der Waals surface area contributed by atoms with Gasteiger partial charge in [0.1, 0.15) is 5.60 Å². The molecule has 1 rings (SSSR count). The molecule has 0 amide bonds. The van der Waals surface area contributed by atoms with E-state index >= 15 is 0 Å². The topological polar surface area (TPSA) is 89.6 Å². The van der Waals surface area contributed by atoms with E-state index in [1.165, 1.54) is 6.07 Å². The number of rotatable bonds is 5. The van der Waals surface area contributed by atoms with Crippen molar-refractivity contribution in [2.75, 3.05) is 0 Å². The van der Waals surface area contributed by atoms with Crippen molar-refractivity contribution in [3.8, 4) is 0 Å². The van der Waals surface area contributed by atoms with E-state index in [0.29, 0.717) is 0 Å². The minimum atomic E-state index is -4.59. The quantitative estimate of drug-likeness (QED) is 0.800. The van der Waals surface area contributed by atoms with E-state index in [1.54, 1.807) is 20.8 Å². The summed E-state index contributed by atoms with van der Waals surface area (Å²) in [5, 5.41) is 8.87. The number of alkyl halides is 3. The van der Waals surface area contributed by atoms with Crippen LogP contribution in [0.3, 0.4) is 0 Å². The third kappa shape index (κ3) is 5.84. The third-order valence-electron chi connectivity index (χ3n) is 3.07. The highest BCUT2D eigenvalue weighted by Gasteiger charge is 2.36. The van der Waals surface area contributed by atoms with Gasteiger partial charge in [-0.1, -0.05) is 18.2 Å². The lowest BCUT2D eigenvalue weighted by Gasteiger charge is -2.27. The normalized spacial score (nSPS) is 14.8. The lowest BCUT2D eigenvalue weighted by molar-refractivity contribution is -0.157. The van der Waals surface area contributed by atoms with Crippen molar-refractivity contribution in [2.45, 2.75) is 50.9 Å². The molecule has 0 aliphatic rings. The molecule has 0 radical (unpaired) electrons. The van der Waals surface area contributed by atoms with Gasteiger partial charge in [-0.25, -0.2) is 0 Å². The molecule has 0 saturated heterocycles. The first-order valence-corrected chi connectivity index (χ1v) is 7.18. The van der Waals surface area contributed by atoms with Gasteiger partial charge >= 0.3 is 18.1 Å². The van der Waals surface area contributed by atoms with Crippen LogP contribution in [0.1, 0.15) is 44.2 Å². The van der Waals surface area contributed by atoms with Crippen molar-refractivity contribution in [1.82, 2.24) is 0 Å². The van der Waals surface area contributed by atoms with Crippen molar-refractivity contribution >= 4 is 11.9 Å². The highest BCUT2D eigenvalue weighted by molar-refractivity contribution is 5.81. The SMILES string of the molecule is CC(C)(C)OC(=O)C(c1cccc(C(F)(F)F)c1)[C@H](N)CC(=O)O. The number of nitrogens with two attached hydrogens (primary N) is 1. The second kappa shape index (κ2) is 7.21. The van der Waals surface area contributed by atoms with Crippen LogP contribution < -0.4 is 5.73 Å². The third-order valence-corrected chi connectivity index (χ3v) is 3.07. The number of halogens is 3. The number of carbonyl (C=O) groups excluding carboxylic acids is 1. The number of carbonyl (C=O) groups is 2. The van der Waals surface area contributed by atoms with Crippen LogP contribution in [0.4, 0.5) is 13.2 Å². The van der Waals surface area contributed by atoms with E-state index in [9.17, 15) is 22.8 Å². The lowest BCUT2D eigenvalue weighted by atomic mass is 9.89. The standard InChI is InChI=1S/C16H20F3NO4/c1-15(2,3)24-14(23)13(11(20)8-12(21)22)9-5-4-6-10(7-9)16(17,18)19/h4-7,11,13H,8,20H2,1-3H3,(H,21,22)/t11-,13?/m1/s1. The van der Waals surface area contributed by atoms with Gasteiger partial charge in [-0.15, -0.1) is 0 Å². The number of esters is 1. The largest absolute Gasteiger partial charge is 0.481 e. The summed E-state index contributed by atoms with van der Waals surface area (Å²) in [4.78, 5) is 23.2. The van der Waals surface area contributed by atoms with Crippen molar-refractivity contribution in [1.29, 1.82) is 0 Å². The van der Waals surface area contributed by atoms with E-state index in [0.717, 1.165) is 18.2 Å². The molecule has 1 unspecified atom stereocenters. The number of carboxylic acids is 1. The number of ether oxygens (including phenoxy) is 1. The fourth-order valence-corrected chi connectivity index (χ4v) is 2.15. The van der Waals surface area contributed by atoms with Crippen molar-refractivity contribution in [3.05, 3.63) is 35.4 Å². The molecule has 0 fully saturated rings. The van der Waals surface area contributed by atoms with E-state index in [2.05, 4.69) is 0 Å². The molecule has 0 aliphatic carbocycles. The lowest BCUT2D eigenvalue weighted by Crippen LogP contribution is -2.39. The molecule has 3 N–H and O–H groups in total. The second-order valence-electron chi connectivity index (χ2n) is 6.40. The van der Waals surface area contributed by atoms with Gasteiger partial charge in [-0.05, 0) is 32.4 Å². The Morgan fingerprint density at radius 3 is 2.29 bits per heavy atom. The van der Waals surface area contributed by atoms with Gasteiger partial charge in [0.05, 0.1) is 17.9 Å². The smallest absolute Gasteiger partial charge is 0.416 e. The van der Waals surface area contributed by atoms with Crippen LogP contribution in [0.2, 0.25) is 0 Å². The van der Waals surface area contributed by atoms with Crippen molar-refractivity contribution < 1.29 is 32.6 Å². The Balaban J connectivity index is 3.27. The van der Waals surface area contributed by atoms with Gasteiger partial charge in [0, 0.05) is 6.04 Å². The van der Waals surface area contributed by atoms with Gasteiger partial charge in [0.2, 0.25) is 0 Å².